The summed E-state index contributed by atoms with van der Waals surface area (Å²) in [6.07, 6.45) is 1.31. The molecule has 0 bridgehead atoms. The molecule has 2 N–H and O–H groups in total. The maximum absolute atomic E-state index is 10.6. The number of anilines is 1. The largest absolute Gasteiger partial charge is 0.506 e. The number of nitro groups is 1. The number of phenolic OH excluding ortho intramolecular Hbond substituents is 1. The molecular formula is C16H10N4O4. The van der Waals surface area contributed by atoms with Gasteiger partial charge in [0.05, 0.1) is 16.7 Å². The molecule has 0 fully saturated rings. The average Bonchev–Trinajstić information content (AvgIpc) is 3.00. The highest BCUT2D eigenvalue weighted by molar-refractivity contribution is 5.80. The Hall–Kier alpha value is -3.86. The first-order chi connectivity index (χ1) is 11.6. The second kappa shape index (κ2) is 6.10. The zero-order valence-electron chi connectivity index (χ0n) is 12.1. The van der Waals surface area contributed by atoms with Crippen molar-refractivity contribution in [2.45, 2.75) is 0 Å². The van der Waals surface area contributed by atoms with Gasteiger partial charge < -0.3 is 14.8 Å². The van der Waals surface area contributed by atoms with E-state index in [1.54, 1.807) is 24.3 Å². The smallest absolute Gasteiger partial charge is 0.273 e. The van der Waals surface area contributed by atoms with Crippen molar-refractivity contribution in [3.05, 3.63) is 64.7 Å². The van der Waals surface area contributed by atoms with Gasteiger partial charge in [-0.2, -0.15) is 5.26 Å². The summed E-state index contributed by atoms with van der Waals surface area (Å²) in [7, 11) is 0. The maximum Gasteiger partial charge on any atom is 0.273 e. The van der Waals surface area contributed by atoms with Gasteiger partial charge in [0.25, 0.3) is 5.69 Å². The van der Waals surface area contributed by atoms with Gasteiger partial charge in [-0.15, -0.1) is 0 Å². The van der Waals surface area contributed by atoms with Gasteiger partial charge in [0.1, 0.15) is 22.9 Å². The fraction of sp³-hybridized carbons (Fsp3) is 0. The van der Waals surface area contributed by atoms with Crippen LogP contribution in [0.3, 0.4) is 0 Å². The third kappa shape index (κ3) is 2.86. The Bertz CT molecular complexity index is 968. The summed E-state index contributed by atoms with van der Waals surface area (Å²) in [6.45, 7) is 0. The SMILES string of the molecule is N#C/C(=C\Nc1ccc([N+](=O)[O-])cc1O)c1nc2ccccc2o1. The van der Waals surface area contributed by atoms with Gasteiger partial charge in [0.15, 0.2) is 5.58 Å². The van der Waals surface area contributed by atoms with Crippen LogP contribution in [0, 0.1) is 21.4 Å². The number of para-hydroxylation sites is 2. The van der Waals surface area contributed by atoms with Crippen molar-refractivity contribution in [3.63, 3.8) is 0 Å². The van der Waals surface area contributed by atoms with E-state index < -0.39 is 4.92 Å². The Kier molecular flexibility index (Phi) is 3.82. The van der Waals surface area contributed by atoms with E-state index in [4.69, 9.17) is 4.42 Å². The zero-order valence-corrected chi connectivity index (χ0v) is 12.1. The number of phenols is 1. The van der Waals surface area contributed by atoms with Crippen LogP contribution in [0.15, 0.2) is 53.1 Å². The molecule has 0 aliphatic carbocycles. The summed E-state index contributed by atoms with van der Waals surface area (Å²) < 4.78 is 5.50. The number of allylic oxidation sites excluding steroid dienone is 1. The van der Waals surface area contributed by atoms with E-state index in [0.717, 1.165) is 6.07 Å². The molecule has 2 aromatic carbocycles. The summed E-state index contributed by atoms with van der Waals surface area (Å²) >= 11 is 0. The number of nitriles is 1. The molecule has 3 rings (SSSR count). The molecule has 0 radical (unpaired) electrons. The first-order valence-corrected chi connectivity index (χ1v) is 6.78. The lowest BCUT2D eigenvalue weighted by Crippen LogP contribution is -1.93. The molecular weight excluding hydrogens is 312 g/mol. The lowest BCUT2D eigenvalue weighted by atomic mass is 10.2. The molecule has 0 atom stereocenters. The van der Waals surface area contributed by atoms with Crippen molar-refractivity contribution in [1.82, 2.24) is 4.98 Å². The molecule has 0 unspecified atom stereocenters. The fourth-order valence-corrected chi connectivity index (χ4v) is 2.03. The van der Waals surface area contributed by atoms with Crippen LogP contribution < -0.4 is 5.32 Å². The van der Waals surface area contributed by atoms with Crippen LogP contribution in [0.25, 0.3) is 16.7 Å². The molecule has 0 saturated carbocycles. The van der Waals surface area contributed by atoms with Gasteiger partial charge in [-0.1, -0.05) is 12.1 Å². The number of benzene rings is 2. The van der Waals surface area contributed by atoms with Gasteiger partial charge in [0.2, 0.25) is 5.89 Å². The number of nitrogens with zero attached hydrogens (tertiary/aromatic N) is 3. The topological polar surface area (TPSA) is 125 Å². The fourth-order valence-electron chi connectivity index (χ4n) is 2.03. The Morgan fingerprint density at radius 2 is 2.17 bits per heavy atom. The van der Waals surface area contributed by atoms with Crippen LogP contribution in [0.2, 0.25) is 0 Å². The standard InChI is InChI=1S/C16H10N4O4/c17-8-10(16-19-13-3-1-2-4-15(13)24-16)9-18-12-6-5-11(20(22)23)7-14(12)21/h1-7,9,18,21H/b10-9+. The van der Waals surface area contributed by atoms with E-state index in [1.807, 2.05) is 6.07 Å². The highest BCUT2D eigenvalue weighted by Crippen LogP contribution is 2.28. The summed E-state index contributed by atoms with van der Waals surface area (Å²) in [5.41, 5.74) is 1.26. The number of oxazole rings is 1. The number of fused-ring (bicyclic) bond motifs is 1. The number of nitrogens with one attached hydrogen (secondary N) is 1. The Morgan fingerprint density at radius 3 is 2.83 bits per heavy atom. The molecule has 1 aromatic heterocycles. The predicted molar refractivity (Wildman–Crippen MR) is 86.0 cm³/mol. The van der Waals surface area contributed by atoms with Gasteiger partial charge in [0, 0.05) is 12.3 Å². The summed E-state index contributed by atoms with van der Waals surface area (Å²) in [5, 5.41) is 32.4. The van der Waals surface area contributed by atoms with Crippen LogP contribution in [-0.4, -0.2) is 15.0 Å². The molecule has 0 amide bonds. The quantitative estimate of drug-likeness (QED) is 0.326. The van der Waals surface area contributed by atoms with Gasteiger partial charge in [-0.05, 0) is 18.2 Å². The number of rotatable bonds is 4. The van der Waals surface area contributed by atoms with Crippen molar-refractivity contribution in [1.29, 1.82) is 5.26 Å². The van der Waals surface area contributed by atoms with Crippen LogP contribution >= 0.6 is 0 Å². The molecule has 1 heterocycles. The molecule has 0 saturated heterocycles. The third-order valence-electron chi connectivity index (χ3n) is 3.21. The monoisotopic (exact) mass is 322 g/mol. The van der Waals surface area contributed by atoms with Gasteiger partial charge in [-0.3, -0.25) is 10.1 Å². The summed E-state index contributed by atoms with van der Waals surface area (Å²) in [6, 6.07) is 12.6. The first-order valence-electron chi connectivity index (χ1n) is 6.78. The number of nitro benzene ring substituents is 1. The number of aromatic nitrogens is 1. The molecule has 24 heavy (non-hydrogen) atoms. The van der Waals surface area contributed by atoms with Crippen molar-refractivity contribution in [3.8, 4) is 11.8 Å². The van der Waals surface area contributed by atoms with E-state index in [2.05, 4.69) is 10.3 Å². The summed E-state index contributed by atoms with van der Waals surface area (Å²) in [4.78, 5) is 14.2. The summed E-state index contributed by atoms with van der Waals surface area (Å²) in [5.74, 6) is -0.178. The zero-order chi connectivity index (χ0) is 17.1. The van der Waals surface area contributed by atoms with E-state index in [1.165, 1.54) is 18.3 Å². The highest BCUT2D eigenvalue weighted by Gasteiger charge is 2.12. The molecule has 8 heteroatoms. The normalized spacial score (nSPS) is 11.2. The van der Waals surface area contributed by atoms with Crippen molar-refractivity contribution >= 4 is 28.0 Å². The highest BCUT2D eigenvalue weighted by atomic mass is 16.6. The minimum absolute atomic E-state index is 0.115. The molecule has 0 spiro atoms. The second-order valence-electron chi connectivity index (χ2n) is 4.76. The molecule has 8 nitrogen and oxygen atoms in total. The minimum Gasteiger partial charge on any atom is -0.506 e. The lowest BCUT2D eigenvalue weighted by Gasteiger charge is -2.04. The van der Waals surface area contributed by atoms with Crippen LogP contribution in [0.1, 0.15) is 5.89 Å². The number of aromatic hydroxyl groups is 1. The molecule has 3 aromatic rings. The maximum atomic E-state index is 10.6. The van der Waals surface area contributed by atoms with E-state index in [0.29, 0.717) is 11.1 Å². The van der Waals surface area contributed by atoms with Crippen molar-refractivity contribution in [2.75, 3.05) is 5.32 Å². The Labute approximate surface area is 135 Å². The van der Waals surface area contributed by atoms with E-state index >= 15 is 0 Å². The van der Waals surface area contributed by atoms with Gasteiger partial charge >= 0.3 is 0 Å². The average molecular weight is 322 g/mol. The number of hydrogen-bond acceptors (Lipinski definition) is 7. The lowest BCUT2D eigenvalue weighted by molar-refractivity contribution is -0.384. The Balaban J connectivity index is 1.89. The van der Waals surface area contributed by atoms with Crippen molar-refractivity contribution in [2.24, 2.45) is 0 Å². The minimum atomic E-state index is -0.613. The van der Waals surface area contributed by atoms with E-state index in [9.17, 15) is 20.5 Å². The second-order valence-corrected chi connectivity index (χ2v) is 4.76. The third-order valence-corrected chi connectivity index (χ3v) is 3.21. The van der Waals surface area contributed by atoms with E-state index in [-0.39, 0.29) is 28.6 Å². The van der Waals surface area contributed by atoms with Crippen LogP contribution in [0.4, 0.5) is 11.4 Å². The Morgan fingerprint density at radius 1 is 1.38 bits per heavy atom. The van der Waals surface area contributed by atoms with Crippen LogP contribution in [0.5, 0.6) is 5.75 Å². The van der Waals surface area contributed by atoms with Crippen molar-refractivity contribution < 1.29 is 14.4 Å². The number of hydrogen-bond donors (Lipinski definition) is 2. The predicted octanol–water partition coefficient (Wildman–Crippen LogP) is 3.42. The van der Waals surface area contributed by atoms with Gasteiger partial charge in [-0.25, -0.2) is 4.98 Å². The molecule has 0 aliphatic heterocycles. The van der Waals surface area contributed by atoms with Crippen LogP contribution in [-0.2, 0) is 0 Å². The first kappa shape index (κ1) is 15.1. The number of non-ortho nitro benzene ring substituents is 1. The molecule has 118 valence electrons. The molecule has 0 aliphatic rings.